The second kappa shape index (κ2) is 7.08. The molecule has 1 aliphatic rings. The van der Waals surface area contributed by atoms with Crippen LogP contribution >= 0.6 is 11.3 Å². The minimum Gasteiger partial charge on any atom is -0.469 e. The van der Waals surface area contributed by atoms with Gasteiger partial charge in [0.2, 0.25) is 5.91 Å². The SMILES string of the molecule is COC(=O)C1CCN(C(=O)CCc2nc3ccccc3s2)CC1. The second-order valence-corrected chi connectivity index (χ2v) is 6.87. The number of amides is 1. The van der Waals surface area contributed by atoms with Crippen molar-refractivity contribution in [1.29, 1.82) is 0 Å². The first-order chi connectivity index (χ1) is 11.2. The topological polar surface area (TPSA) is 59.5 Å². The highest BCUT2D eigenvalue weighted by Crippen LogP contribution is 2.23. The fourth-order valence-corrected chi connectivity index (χ4v) is 3.90. The number of fused-ring (bicyclic) bond motifs is 1. The smallest absolute Gasteiger partial charge is 0.308 e. The summed E-state index contributed by atoms with van der Waals surface area (Å²) in [6.45, 7) is 1.27. The number of likely N-dealkylation sites (tertiary alicyclic amines) is 1. The van der Waals surface area contributed by atoms with E-state index in [2.05, 4.69) is 11.1 Å². The van der Waals surface area contributed by atoms with Gasteiger partial charge >= 0.3 is 5.97 Å². The van der Waals surface area contributed by atoms with Crippen molar-refractivity contribution >= 4 is 33.4 Å². The van der Waals surface area contributed by atoms with Crippen molar-refractivity contribution in [3.05, 3.63) is 29.3 Å². The third-order valence-corrected chi connectivity index (χ3v) is 5.37. The van der Waals surface area contributed by atoms with E-state index in [9.17, 15) is 9.59 Å². The molecule has 0 radical (unpaired) electrons. The number of carbonyl (C=O) groups is 2. The van der Waals surface area contributed by atoms with Crippen LogP contribution < -0.4 is 0 Å². The maximum Gasteiger partial charge on any atom is 0.308 e. The van der Waals surface area contributed by atoms with Crippen molar-refractivity contribution in [2.45, 2.75) is 25.7 Å². The van der Waals surface area contributed by atoms with Gasteiger partial charge in [0.05, 0.1) is 28.3 Å². The Bertz CT molecular complexity index is 672. The molecule has 3 rings (SSSR count). The van der Waals surface area contributed by atoms with E-state index in [-0.39, 0.29) is 17.8 Å². The van der Waals surface area contributed by atoms with E-state index in [1.165, 1.54) is 7.11 Å². The third kappa shape index (κ3) is 3.69. The van der Waals surface area contributed by atoms with E-state index in [0.29, 0.717) is 38.8 Å². The molecule has 1 saturated heterocycles. The molecular formula is C17H20N2O3S. The van der Waals surface area contributed by atoms with Crippen LogP contribution in [0, 0.1) is 5.92 Å². The van der Waals surface area contributed by atoms with Gasteiger partial charge in [0.1, 0.15) is 0 Å². The number of aromatic nitrogens is 1. The number of thiazole rings is 1. The molecule has 1 aromatic heterocycles. The first kappa shape index (κ1) is 15.9. The van der Waals surface area contributed by atoms with E-state index >= 15 is 0 Å². The maximum atomic E-state index is 12.3. The van der Waals surface area contributed by atoms with Gasteiger partial charge in [0.15, 0.2) is 0 Å². The van der Waals surface area contributed by atoms with Crippen molar-refractivity contribution in [1.82, 2.24) is 9.88 Å². The molecule has 0 spiro atoms. The summed E-state index contributed by atoms with van der Waals surface area (Å²) in [4.78, 5) is 30.2. The van der Waals surface area contributed by atoms with Gasteiger partial charge in [-0.25, -0.2) is 4.98 Å². The van der Waals surface area contributed by atoms with Crippen molar-refractivity contribution in [2.75, 3.05) is 20.2 Å². The Morgan fingerprint density at radius 1 is 1.30 bits per heavy atom. The number of piperidine rings is 1. The molecule has 0 bridgehead atoms. The Labute approximate surface area is 139 Å². The molecule has 1 fully saturated rings. The Balaban J connectivity index is 1.51. The summed E-state index contributed by atoms with van der Waals surface area (Å²) in [7, 11) is 1.41. The highest BCUT2D eigenvalue weighted by molar-refractivity contribution is 7.18. The van der Waals surface area contributed by atoms with Crippen LogP contribution in [0.15, 0.2) is 24.3 Å². The minimum absolute atomic E-state index is 0.0617. The lowest BCUT2D eigenvalue weighted by Crippen LogP contribution is -2.40. The van der Waals surface area contributed by atoms with E-state index in [0.717, 1.165) is 15.2 Å². The Morgan fingerprint density at radius 3 is 2.74 bits per heavy atom. The molecule has 6 heteroatoms. The van der Waals surface area contributed by atoms with Gasteiger partial charge in [-0.1, -0.05) is 12.1 Å². The average molecular weight is 332 g/mol. The zero-order valence-corrected chi connectivity index (χ0v) is 14.0. The summed E-state index contributed by atoms with van der Waals surface area (Å²) in [5.41, 5.74) is 0.999. The normalized spacial score (nSPS) is 15.8. The van der Waals surface area contributed by atoms with Crippen molar-refractivity contribution < 1.29 is 14.3 Å². The predicted molar refractivity (Wildman–Crippen MR) is 89.3 cm³/mol. The number of nitrogens with zero attached hydrogens (tertiary/aromatic N) is 2. The van der Waals surface area contributed by atoms with Crippen LogP contribution in [0.3, 0.4) is 0 Å². The van der Waals surface area contributed by atoms with Gasteiger partial charge in [-0.2, -0.15) is 0 Å². The number of ether oxygens (including phenoxy) is 1. The standard InChI is InChI=1S/C17H20N2O3S/c1-22-17(21)12-8-10-19(11-9-12)16(20)7-6-15-18-13-4-2-3-5-14(13)23-15/h2-5,12H,6-11H2,1H3. The number of hydrogen-bond donors (Lipinski definition) is 0. The zero-order chi connectivity index (χ0) is 16.2. The molecule has 0 saturated carbocycles. The van der Waals surface area contributed by atoms with E-state index < -0.39 is 0 Å². The first-order valence-electron chi connectivity index (χ1n) is 7.87. The van der Waals surface area contributed by atoms with Gasteiger partial charge in [-0.3, -0.25) is 9.59 Å². The summed E-state index contributed by atoms with van der Waals surface area (Å²) < 4.78 is 5.93. The molecule has 5 nitrogen and oxygen atoms in total. The molecule has 1 aliphatic heterocycles. The summed E-state index contributed by atoms with van der Waals surface area (Å²) in [5, 5.41) is 1.00. The zero-order valence-electron chi connectivity index (χ0n) is 13.2. The lowest BCUT2D eigenvalue weighted by molar-refractivity contribution is -0.148. The Hall–Kier alpha value is -1.95. The van der Waals surface area contributed by atoms with Crippen LogP contribution in [0.25, 0.3) is 10.2 Å². The van der Waals surface area contributed by atoms with Gasteiger partial charge in [0.25, 0.3) is 0 Å². The average Bonchev–Trinajstić information content (AvgIpc) is 3.02. The summed E-state index contributed by atoms with van der Waals surface area (Å²) in [5.74, 6) is -0.0764. The lowest BCUT2D eigenvalue weighted by atomic mass is 9.97. The van der Waals surface area contributed by atoms with Gasteiger partial charge < -0.3 is 9.64 Å². The number of aryl methyl sites for hydroxylation is 1. The van der Waals surface area contributed by atoms with Gasteiger partial charge in [-0.05, 0) is 25.0 Å². The monoisotopic (exact) mass is 332 g/mol. The van der Waals surface area contributed by atoms with Crippen LogP contribution in [0.2, 0.25) is 0 Å². The van der Waals surface area contributed by atoms with Crippen LogP contribution in [0.1, 0.15) is 24.3 Å². The predicted octanol–water partition coefficient (Wildman–Crippen LogP) is 2.64. The lowest BCUT2D eigenvalue weighted by Gasteiger charge is -2.30. The molecule has 0 unspecified atom stereocenters. The van der Waals surface area contributed by atoms with Crippen molar-refractivity contribution in [3.63, 3.8) is 0 Å². The summed E-state index contributed by atoms with van der Waals surface area (Å²) in [6.07, 6.45) is 2.54. The van der Waals surface area contributed by atoms with Crippen LogP contribution in [0.5, 0.6) is 0 Å². The summed E-state index contributed by atoms with van der Waals surface area (Å²) >= 11 is 1.65. The third-order valence-electron chi connectivity index (χ3n) is 4.27. The first-order valence-corrected chi connectivity index (χ1v) is 8.69. The maximum absolute atomic E-state index is 12.3. The molecule has 122 valence electrons. The number of carbonyl (C=O) groups excluding carboxylic acids is 2. The van der Waals surface area contributed by atoms with Gasteiger partial charge in [-0.15, -0.1) is 11.3 Å². The number of hydrogen-bond acceptors (Lipinski definition) is 5. The van der Waals surface area contributed by atoms with Gasteiger partial charge in [0, 0.05) is 25.9 Å². The second-order valence-electron chi connectivity index (χ2n) is 5.75. The van der Waals surface area contributed by atoms with Crippen molar-refractivity contribution in [2.24, 2.45) is 5.92 Å². The molecular weight excluding hydrogens is 312 g/mol. The Morgan fingerprint density at radius 2 is 2.04 bits per heavy atom. The number of para-hydroxylation sites is 1. The number of rotatable bonds is 4. The molecule has 1 aromatic carbocycles. The molecule has 0 N–H and O–H groups in total. The molecule has 0 atom stereocenters. The molecule has 2 heterocycles. The fourth-order valence-electron chi connectivity index (χ4n) is 2.93. The number of methoxy groups -OCH3 is 1. The summed E-state index contributed by atoms with van der Waals surface area (Å²) in [6, 6.07) is 8.02. The minimum atomic E-state index is -0.161. The van der Waals surface area contributed by atoms with E-state index in [1.807, 2.05) is 23.1 Å². The Kier molecular flexibility index (Phi) is 4.91. The molecule has 2 aromatic rings. The highest BCUT2D eigenvalue weighted by Gasteiger charge is 2.27. The van der Waals surface area contributed by atoms with E-state index in [4.69, 9.17) is 4.74 Å². The molecule has 23 heavy (non-hydrogen) atoms. The van der Waals surface area contributed by atoms with Crippen molar-refractivity contribution in [3.8, 4) is 0 Å². The van der Waals surface area contributed by atoms with Crippen LogP contribution in [-0.4, -0.2) is 42.0 Å². The van der Waals surface area contributed by atoms with Crippen LogP contribution in [-0.2, 0) is 20.7 Å². The van der Waals surface area contributed by atoms with Crippen LogP contribution in [0.4, 0.5) is 0 Å². The molecule has 1 amide bonds. The van der Waals surface area contributed by atoms with E-state index in [1.54, 1.807) is 11.3 Å². The highest BCUT2D eigenvalue weighted by atomic mass is 32.1. The molecule has 0 aliphatic carbocycles. The largest absolute Gasteiger partial charge is 0.469 e. The number of benzene rings is 1. The quantitative estimate of drug-likeness (QED) is 0.808. The number of esters is 1. The fraction of sp³-hybridized carbons (Fsp3) is 0.471.